The van der Waals surface area contributed by atoms with Crippen molar-refractivity contribution in [2.24, 2.45) is 0 Å². The van der Waals surface area contributed by atoms with Crippen molar-refractivity contribution < 1.29 is 0 Å². The van der Waals surface area contributed by atoms with Gasteiger partial charge >= 0.3 is 0 Å². The topological polar surface area (TPSA) is 43.6 Å². The van der Waals surface area contributed by atoms with Crippen LogP contribution in [-0.2, 0) is 0 Å². The number of fused-ring (bicyclic) bond motifs is 1. The summed E-state index contributed by atoms with van der Waals surface area (Å²) >= 11 is 7.61. The van der Waals surface area contributed by atoms with Gasteiger partial charge in [-0.05, 0) is 38.4 Å². The van der Waals surface area contributed by atoms with E-state index in [0.29, 0.717) is 0 Å². The maximum absolute atomic E-state index is 5.99. The highest BCUT2D eigenvalue weighted by atomic mass is 35.5. The van der Waals surface area contributed by atoms with E-state index in [-0.39, 0.29) is 5.28 Å². The molecule has 0 N–H and O–H groups in total. The number of nitrogens with zero attached hydrogens (tertiary/aromatic N) is 4. The fraction of sp³-hybridized carbons (Fsp3) is 0.250. The van der Waals surface area contributed by atoms with Crippen LogP contribution in [0.2, 0.25) is 5.28 Å². The fourth-order valence-corrected chi connectivity index (χ4v) is 2.99. The average Bonchev–Trinajstić information content (AvgIpc) is 2.82. The van der Waals surface area contributed by atoms with Gasteiger partial charge in [-0.2, -0.15) is 4.98 Å². The first kappa shape index (κ1) is 11.6. The molecule has 0 saturated carbocycles. The maximum Gasteiger partial charge on any atom is 0.225 e. The van der Waals surface area contributed by atoms with Crippen molar-refractivity contribution in [1.29, 1.82) is 0 Å². The lowest BCUT2D eigenvalue weighted by molar-refractivity contribution is 0.954. The third kappa shape index (κ3) is 1.71. The summed E-state index contributed by atoms with van der Waals surface area (Å²) in [6.45, 7) is 6.05. The number of imidazole rings is 1. The smallest absolute Gasteiger partial charge is 0.225 e. The molecule has 0 amide bonds. The number of halogens is 1. The number of hydrogen-bond acceptors (Lipinski definition) is 4. The zero-order valence-corrected chi connectivity index (χ0v) is 11.8. The minimum Gasteiger partial charge on any atom is -0.287 e. The Kier molecular flexibility index (Phi) is 2.60. The van der Waals surface area contributed by atoms with Gasteiger partial charge in [0.15, 0.2) is 5.82 Å². The molecule has 0 bridgehead atoms. The monoisotopic (exact) mass is 278 g/mol. The molecule has 0 atom stereocenters. The van der Waals surface area contributed by atoms with Crippen molar-refractivity contribution in [2.75, 3.05) is 0 Å². The van der Waals surface area contributed by atoms with Crippen LogP contribution in [0.1, 0.15) is 16.3 Å². The van der Waals surface area contributed by atoms with E-state index in [1.165, 1.54) is 4.88 Å². The normalized spacial score (nSPS) is 11.3. The van der Waals surface area contributed by atoms with Crippen LogP contribution in [0, 0.1) is 20.8 Å². The first-order valence-electron chi connectivity index (χ1n) is 5.51. The number of aryl methyl sites for hydroxylation is 2. The highest BCUT2D eigenvalue weighted by Crippen LogP contribution is 2.29. The lowest BCUT2D eigenvalue weighted by Crippen LogP contribution is -2.00. The van der Waals surface area contributed by atoms with Crippen molar-refractivity contribution in [3.05, 3.63) is 33.9 Å². The van der Waals surface area contributed by atoms with Gasteiger partial charge < -0.3 is 0 Å². The molecule has 0 aliphatic carbocycles. The van der Waals surface area contributed by atoms with Crippen LogP contribution >= 0.6 is 22.9 Å². The van der Waals surface area contributed by atoms with Crippen LogP contribution < -0.4 is 0 Å². The van der Waals surface area contributed by atoms with Crippen LogP contribution in [0.5, 0.6) is 0 Å². The van der Waals surface area contributed by atoms with E-state index in [9.17, 15) is 0 Å². The standard InChI is InChI=1S/C12H11ClN4S/c1-6-4-9-10(15-12(13)16-11(9)18-6)17-5-14-7(2)8(17)3/h4-5H,1-3H3. The molecule has 3 aromatic rings. The van der Waals surface area contributed by atoms with Gasteiger partial charge in [0.2, 0.25) is 5.28 Å². The molecule has 0 fully saturated rings. The Labute approximate surface area is 113 Å². The fourth-order valence-electron chi connectivity index (χ4n) is 1.90. The molecule has 4 nitrogen and oxygen atoms in total. The Balaban J connectivity index is 2.37. The molecule has 3 heterocycles. The molecule has 0 aliphatic heterocycles. The van der Waals surface area contributed by atoms with Crippen LogP contribution in [0.4, 0.5) is 0 Å². The Hall–Kier alpha value is -1.46. The molecule has 0 spiro atoms. The van der Waals surface area contributed by atoms with E-state index in [2.05, 4.69) is 27.9 Å². The highest BCUT2D eigenvalue weighted by Gasteiger charge is 2.13. The van der Waals surface area contributed by atoms with Crippen molar-refractivity contribution in [3.8, 4) is 5.82 Å². The molecule has 18 heavy (non-hydrogen) atoms. The van der Waals surface area contributed by atoms with Gasteiger partial charge in [-0.25, -0.2) is 9.97 Å². The summed E-state index contributed by atoms with van der Waals surface area (Å²) in [6, 6.07) is 2.08. The van der Waals surface area contributed by atoms with Crippen LogP contribution in [-0.4, -0.2) is 19.5 Å². The molecule has 6 heteroatoms. The molecule has 3 rings (SSSR count). The van der Waals surface area contributed by atoms with Crippen molar-refractivity contribution in [2.45, 2.75) is 20.8 Å². The first-order chi connectivity index (χ1) is 8.56. The van der Waals surface area contributed by atoms with Gasteiger partial charge in [0, 0.05) is 10.6 Å². The van der Waals surface area contributed by atoms with Gasteiger partial charge in [-0.15, -0.1) is 11.3 Å². The number of aromatic nitrogens is 4. The van der Waals surface area contributed by atoms with E-state index in [1.807, 2.05) is 18.4 Å². The van der Waals surface area contributed by atoms with Crippen LogP contribution in [0.3, 0.4) is 0 Å². The summed E-state index contributed by atoms with van der Waals surface area (Å²) in [7, 11) is 0. The van der Waals surface area contributed by atoms with Gasteiger partial charge in [0.25, 0.3) is 0 Å². The lowest BCUT2D eigenvalue weighted by atomic mass is 10.3. The number of thiophene rings is 1. The Morgan fingerprint density at radius 3 is 2.67 bits per heavy atom. The SMILES string of the molecule is Cc1cc2c(-n3cnc(C)c3C)nc(Cl)nc2s1. The van der Waals surface area contributed by atoms with E-state index < -0.39 is 0 Å². The van der Waals surface area contributed by atoms with E-state index in [4.69, 9.17) is 11.6 Å². The minimum atomic E-state index is 0.269. The zero-order chi connectivity index (χ0) is 12.9. The summed E-state index contributed by atoms with van der Waals surface area (Å²) in [5.41, 5.74) is 2.06. The molecule has 0 radical (unpaired) electrons. The minimum absolute atomic E-state index is 0.269. The zero-order valence-electron chi connectivity index (χ0n) is 10.2. The van der Waals surface area contributed by atoms with E-state index >= 15 is 0 Å². The lowest BCUT2D eigenvalue weighted by Gasteiger charge is -2.06. The first-order valence-corrected chi connectivity index (χ1v) is 6.70. The Morgan fingerprint density at radius 1 is 1.22 bits per heavy atom. The summed E-state index contributed by atoms with van der Waals surface area (Å²) in [4.78, 5) is 15.0. The molecule has 0 aromatic carbocycles. The number of hydrogen-bond donors (Lipinski definition) is 0. The second kappa shape index (κ2) is 4.03. The average molecular weight is 279 g/mol. The summed E-state index contributed by atoms with van der Waals surface area (Å²) in [5, 5.41) is 1.28. The second-order valence-electron chi connectivity index (χ2n) is 4.18. The van der Waals surface area contributed by atoms with Crippen LogP contribution in [0.15, 0.2) is 12.4 Å². The van der Waals surface area contributed by atoms with Crippen molar-refractivity contribution >= 4 is 33.2 Å². The van der Waals surface area contributed by atoms with Gasteiger partial charge in [0.1, 0.15) is 11.2 Å². The van der Waals surface area contributed by atoms with Gasteiger partial charge in [-0.1, -0.05) is 0 Å². The van der Waals surface area contributed by atoms with Crippen LogP contribution in [0.25, 0.3) is 16.0 Å². The predicted molar refractivity (Wildman–Crippen MR) is 73.8 cm³/mol. The van der Waals surface area contributed by atoms with Crippen molar-refractivity contribution in [1.82, 2.24) is 19.5 Å². The quantitative estimate of drug-likeness (QED) is 0.640. The summed E-state index contributed by atoms with van der Waals surface area (Å²) in [5.74, 6) is 0.799. The van der Waals surface area contributed by atoms with Gasteiger partial charge in [-0.3, -0.25) is 4.57 Å². The third-order valence-corrected chi connectivity index (χ3v) is 4.06. The molecule has 92 valence electrons. The second-order valence-corrected chi connectivity index (χ2v) is 5.75. The summed E-state index contributed by atoms with van der Waals surface area (Å²) < 4.78 is 1.96. The molecule has 0 unspecified atom stereocenters. The largest absolute Gasteiger partial charge is 0.287 e. The predicted octanol–water partition coefficient (Wildman–Crippen LogP) is 3.46. The third-order valence-electron chi connectivity index (χ3n) is 2.95. The van der Waals surface area contributed by atoms with E-state index in [1.54, 1.807) is 17.7 Å². The van der Waals surface area contributed by atoms with Crippen molar-refractivity contribution in [3.63, 3.8) is 0 Å². The number of rotatable bonds is 1. The Morgan fingerprint density at radius 2 is 2.00 bits per heavy atom. The molecular weight excluding hydrogens is 268 g/mol. The van der Waals surface area contributed by atoms with Gasteiger partial charge in [0.05, 0.1) is 11.1 Å². The molecular formula is C12H11ClN4S. The Bertz CT molecular complexity index is 744. The maximum atomic E-state index is 5.99. The highest BCUT2D eigenvalue weighted by molar-refractivity contribution is 7.18. The van der Waals surface area contributed by atoms with E-state index in [0.717, 1.165) is 27.4 Å². The molecule has 0 aliphatic rings. The molecule has 3 aromatic heterocycles. The molecule has 0 saturated heterocycles. The summed E-state index contributed by atoms with van der Waals surface area (Å²) in [6.07, 6.45) is 1.77.